The van der Waals surface area contributed by atoms with Crippen molar-refractivity contribution in [2.75, 3.05) is 6.61 Å². The number of aryl methyl sites for hydroxylation is 1. The molecule has 0 bridgehead atoms. The number of hydrogen-bond acceptors (Lipinski definition) is 5. The summed E-state index contributed by atoms with van der Waals surface area (Å²) < 4.78 is 16.6. The molecule has 28 heavy (non-hydrogen) atoms. The van der Waals surface area contributed by atoms with E-state index < -0.39 is 12.2 Å². The van der Waals surface area contributed by atoms with Crippen molar-refractivity contribution in [3.05, 3.63) is 59.7 Å². The first-order chi connectivity index (χ1) is 13.7. The van der Waals surface area contributed by atoms with E-state index in [0.29, 0.717) is 19.6 Å². The zero-order chi connectivity index (χ0) is 19.8. The second-order valence-corrected chi connectivity index (χ2v) is 6.62. The number of cyclic esters (lactones) is 1. The highest BCUT2D eigenvalue weighted by molar-refractivity contribution is 5.99. The van der Waals surface area contributed by atoms with Crippen molar-refractivity contribution in [2.45, 2.75) is 45.3 Å². The van der Waals surface area contributed by atoms with Crippen LogP contribution in [-0.2, 0) is 22.6 Å². The molecule has 6 heteroatoms. The summed E-state index contributed by atoms with van der Waals surface area (Å²) in [7, 11) is 0. The molecule has 1 unspecified atom stereocenters. The molecular formula is C22H25NO5. The predicted octanol–water partition coefficient (Wildman–Crippen LogP) is 4.01. The number of imide groups is 1. The van der Waals surface area contributed by atoms with E-state index in [1.54, 1.807) is 0 Å². The van der Waals surface area contributed by atoms with Crippen LogP contribution in [0.4, 0.5) is 4.79 Å². The van der Waals surface area contributed by atoms with Crippen LogP contribution in [0.2, 0.25) is 0 Å². The van der Waals surface area contributed by atoms with Crippen molar-refractivity contribution in [1.29, 1.82) is 0 Å². The van der Waals surface area contributed by atoms with Crippen LogP contribution >= 0.6 is 0 Å². The fraction of sp³-hybridized carbons (Fsp3) is 0.364. The minimum Gasteiger partial charge on any atom is -0.490 e. The number of benzene rings is 2. The Morgan fingerprint density at radius 3 is 2.50 bits per heavy atom. The van der Waals surface area contributed by atoms with E-state index in [9.17, 15) is 9.59 Å². The van der Waals surface area contributed by atoms with Gasteiger partial charge in [-0.2, -0.15) is 0 Å². The SMILES string of the molecule is CCOc1cc(CCCCC2OC(=O)NC2=O)ccc1OCc1ccccc1. The molecule has 1 aliphatic rings. The number of carbonyl (C=O) groups excluding carboxylic acids is 2. The van der Waals surface area contributed by atoms with Crippen LogP contribution in [0.15, 0.2) is 48.5 Å². The molecule has 1 aliphatic heterocycles. The van der Waals surface area contributed by atoms with Gasteiger partial charge in [-0.3, -0.25) is 10.1 Å². The first kappa shape index (κ1) is 19.7. The molecule has 0 saturated carbocycles. The molecule has 0 aliphatic carbocycles. The largest absolute Gasteiger partial charge is 0.490 e. The van der Waals surface area contributed by atoms with Crippen LogP contribution in [0.3, 0.4) is 0 Å². The maximum Gasteiger partial charge on any atom is 0.414 e. The molecule has 1 saturated heterocycles. The Morgan fingerprint density at radius 2 is 1.79 bits per heavy atom. The van der Waals surface area contributed by atoms with Gasteiger partial charge in [0.05, 0.1) is 6.61 Å². The first-order valence-electron chi connectivity index (χ1n) is 9.59. The monoisotopic (exact) mass is 383 g/mol. The molecule has 6 nitrogen and oxygen atoms in total. The van der Waals surface area contributed by atoms with Crippen molar-refractivity contribution in [2.24, 2.45) is 0 Å². The van der Waals surface area contributed by atoms with Crippen LogP contribution < -0.4 is 14.8 Å². The summed E-state index contributed by atoms with van der Waals surface area (Å²) in [4.78, 5) is 22.5. The average Bonchev–Trinajstić information content (AvgIpc) is 3.02. The number of rotatable bonds is 10. The Labute approximate surface area is 164 Å². The molecule has 0 radical (unpaired) electrons. The van der Waals surface area contributed by atoms with E-state index in [1.165, 1.54) is 0 Å². The Hall–Kier alpha value is -3.02. The van der Waals surface area contributed by atoms with Crippen molar-refractivity contribution in [1.82, 2.24) is 5.32 Å². The van der Waals surface area contributed by atoms with E-state index in [0.717, 1.165) is 41.9 Å². The van der Waals surface area contributed by atoms with E-state index in [2.05, 4.69) is 5.32 Å². The quantitative estimate of drug-likeness (QED) is 0.628. The third kappa shape index (κ3) is 5.49. The minimum atomic E-state index is -0.653. The van der Waals surface area contributed by atoms with Gasteiger partial charge in [0.15, 0.2) is 17.6 Å². The van der Waals surface area contributed by atoms with Gasteiger partial charge >= 0.3 is 6.09 Å². The molecule has 2 aromatic carbocycles. The maximum atomic E-state index is 11.5. The minimum absolute atomic E-state index is 0.344. The van der Waals surface area contributed by atoms with Crippen molar-refractivity contribution < 1.29 is 23.8 Å². The van der Waals surface area contributed by atoms with Gasteiger partial charge in [-0.05, 0) is 55.9 Å². The Kier molecular flexibility index (Phi) is 6.89. The molecule has 2 amide bonds. The molecule has 1 fully saturated rings. The molecule has 1 atom stereocenters. The van der Waals surface area contributed by atoms with Crippen LogP contribution in [-0.4, -0.2) is 24.7 Å². The van der Waals surface area contributed by atoms with Gasteiger partial charge in [-0.25, -0.2) is 4.79 Å². The maximum absolute atomic E-state index is 11.5. The molecule has 2 aromatic rings. The smallest absolute Gasteiger partial charge is 0.414 e. The number of ether oxygens (including phenoxy) is 3. The van der Waals surface area contributed by atoms with E-state index in [-0.39, 0.29) is 5.91 Å². The summed E-state index contributed by atoms with van der Waals surface area (Å²) in [6, 6.07) is 16.0. The topological polar surface area (TPSA) is 73.9 Å². The molecule has 1 N–H and O–H groups in total. The lowest BCUT2D eigenvalue weighted by molar-refractivity contribution is -0.123. The van der Waals surface area contributed by atoms with Crippen molar-refractivity contribution >= 4 is 12.0 Å². The Balaban J connectivity index is 1.51. The summed E-state index contributed by atoms with van der Waals surface area (Å²) in [5, 5.41) is 2.15. The number of hydrogen-bond donors (Lipinski definition) is 1. The number of carbonyl (C=O) groups is 2. The van der Waals surface area contributed by atoms with Gasteiger partial charge in [0, 0.05) is 0 Å². The summed E-state index contributed by atoms with van der Waals surface area (Å²) in [5.74, 6) is 1.12. The normalized spacial score (nSPS) is 15.8. The second-order valence-electron chi connectivity index (χ2n) is 6.62. The number of amides is 2. The molecule has 1 heterocycles. The summed E-state index contributed by atoms with van der Waals surface area (Å²) in [6.45, 7) is 3.00. The second kappa shape index (κ2) is 9.78. The van der Waals surface area contributed by atoms with Crippen LogP contribution in [0.25, 0.3) is 0 Å². The Morgan fingerprint density at radius 1 is 0.964 bits per heavy atom. The van der Waals surface area contributed by atoms with Gasteiger partial charge in [0.2, 0.25) is 0 Å². The zero-order valence-corrected chi connectivity index (χ0v) is 16.0. The highest BCUT2D eigenvalue weighted by Crippen LogP contribution is 2.30. The highest BCUT2D eigenvalue weighted by Gasteiger charge is 2.31. The van der Waals surface area contributed by atoms with Crippen LogP contribution in [0.1, 0.15) is 37.3 Å². The van der Waals surface area contributed by atoms with Gasteiger partial charge in [-0.15, -0.1) is 0 Å². The summed E-state index contributed by atoms with van der Waals surface area (Å²) in [6.07, 6.45) is 1.76. The molecular weight excluding hydrogens is 358 g/mol. The van der Waals surface area contributed by atoms with Gasteiger partial charge < -0.3 is 14.2 Å². The summed E-state index contributed by atoms with van der Waals surface area (Å²) >= 11 is 0. The van der Waals surface area contributed by atoms with Gasteiger partial charge in [0.25, 0.3) is 5.91 Å². The third-order valence-electron chi connectivity index (χ3n) is 4.49. The Bertz CT molecular complexity index is 806. The lowest BCUT2D eigenvalue weighted by atomic mass is 10.0. The zero-order valence-electron chi connectivity index (χ0n) is 16.0. The summed E-state index contributed by atoms with van der Waals surface area (Å²) in [5.41, 5.74) is 2.24. The molecule has 0 spiro atoms. The number of alkyl carbamates (subject to hydrolysis) is 1. The highest BCUT2D eigenvalue weighted by atomic mass is 16.6. The van der Waals surface area contributed by atoms with Gasteiger partial charge in [0.1, 0.15) is 6.61 Å². The lowest BCUT2D eigenvalue weighted by Crippen LogP contribution is -2.24. The number of unbranched alkanes of at least 4 members (excludes halogenated alkanes) is 1. The van der Waals surface area contributed by atoms with Gasteiger partial charge in [-0.1, -0.05) is 36.4 Å². The standard InChI is InChI=1S/C22H25NO5/c1-2-26-20-14-16(8-6-7-11-19-21(24)23-22(25)28-19)12-13-18(20)27-15-17-9-4-3-5-10-17/h3-5,9-10,12-14,19H,2,6-8,11,15H2,1H3,(H,23,24,25). The molecule has 0 aromatic heterocycles. The third-order valence-corrected chi connectivity index (χ3v) is 4.49. The number of nitrogens with one attached hydrogen (secondary N) is 1. The molecule has 3 rings (SSSR count). The van der Waals surface area contributed by atoms with E-state index >= 15 is 0 Å². The lowest BCUT2D eigenvalue weighted by Gasteiger charge is -2.14. The van der Waals surface area contributed by atoms with E-state index in [4.69, 9.17) is 14.2 Å². The fourth-order valence-corrected chi connectivity index (χ4v) is 3.07. The fourth-order valence-electron chi connectivity index (χ4n) is 3.07. The van der Waals surface area contributed by atoms with Crippen LogP contribution in [0, 0.1) is 0 Å². The average molecular weight is 383 g/mol. The molecule has 148 valence electrons. The predicted molar refractivity (Wildman–Crippen MR) is 104 cm³/mol. The first-order valence-corrected chi connectivity index (χ1v) is 9.59. The van der Waals surface area contributed by atoms with E-state index in [1.807, 2.05) is 55.5 Å². The van der Waals surface area contributed by atoms with Crippen molar-refractivity contribution in [3.63, 3.8) is 0 Å². The van der Waals surface area contributed by atoms with Crippen molar-refractivity contribution in [3.8, 4) is 11.5 Å². The van der Waals surface area contributed by atoms with Crippen LogP contribution in [0.5, 0.6) is 11.5 Å².